The standard InChI is InChI=1S/C13H24N2O3S/c1-2-19-11-7-4-3-6-10(11)15-13(18)14-9-5-8-12(16)17/h10-11H,2-9H2,1H3,(H,16,17)(H2,14,15,18). The summed E-state index contributed by atoms with van der Waals surface area (Å²) in [5.41, 5.74) is 0. The molecule has 0 aliphatic heterocycles. The molecule has 0 aromatic heterocycles. The summed E-state index contributed by atoms with van der Waals surface area (Å²) >= 11 is 1.91. The predicted molar refractivity (Wildman–Crippen MR) is 77.6 cm³/mol. The van der Waals surface area contributed by atoms with Gasteiger partial charge in [0.15, 0.2) is 0 Å². The van der Waals surface area contributed by atoms with Crippen molar-refractivity contribution in [3.63, 3.8) is 0 Å². The number of amides is 2. The van der Waals surface area contributed by atoms with Crippen LogP contribution >= 0.6 is 11.8 Å². The molecule has 0 radical (unpaired) electrons. The molecule has 6 heteroatoms. The van der Waals surface area contributed by atoms with Gasteiger partial charge in [0.05, 0.1) is 0 Å². The lowest BCUT2D eigenvalue weighted by atomic mass is 9.95. The summed E-state index contributed by atoms with van der Waals surface area (Å²) in [6.07, 6.45) is 5.20. The average molecular weight is 288 g/mol. The number of aliphatic carboxylic acids is 1. The molecule has 0 aromatic rings. The van der Waals surface area contributed by atoms with Crippen LogP contribution < -0.4 is 10.6 Å². The highest BCUT2D eigenvalue weighted by Crippen LogP contribution is 2.28. The van der Waals surface area contributed by atoms with Crippen molar-refractivity contribution in [1.82, 2.24) is 10.6 Å². The summed E-state index contributed by atoms with van der Waals surface area (Å²) in [5, 5.41) is 14.8. The molecule has 1 fully saturated rings. The van der Waals surface area contributed by atoms with Gasteiger partial charge in [0.1, 0.15) is 0 Å². The molecule has 3 N–H and O–H groups in total. The Morgan fingerprint density at radius 3 is 2.74 bits per heavy atom. The van der Waals surface area contributed by atoms with Crippen molar-refractivity contribution in [2.24, 2.45) is 0 Å². The molecule has 1 aliphatic rings. The summed E-state index contributed by atoms with van der Waals surface area (Å²) in [6, 6.07) is 0.0807. The van der Waals surface area contributed by atoms with Crippen LogP contribution in [0.3, 0.4) is 0 Å². The maximum atomic E-state index is 11.7. The first-order valence-corrected chi connectivity index (χ1v) is 8.06. The van der Waals surface area contributed by atoms with Gasteiger partial charge in [0.25, 0.3) is 0 Å². The lowest BCUT2D eigenvalue weighted by Gasteiger charge is -2.31. The summed E-state index contributed by atoms with van der Waals surface area (Å²) in [7, 11) is 0. The van der Waals surface area contributed by atoms with Gasteiger partial charge >= 0.3 is 12.0 Å². The van der Waals surface area contributed by atoms with Gasteiger partial charge in [0.2, 0.25) is 0 Å². The maximum Gasteiger partial charge on any atom is 0.315 e. The van der Waals surface area contributed by atoms with Gasteiger partial charge < -0.3 is 15.7 Å². The Morgan fingerprint density at radius 2 is 2.05 bits per heavy atom. The van der Waals surface area contributed by atoms with Crippen LogP contribution in [0, 0.1) is 0 Å². The first kappa shape index (κ1) is 16.1. The van der Waals surface area contributed by atoms with Crippen LogP contribution in [0.2, 0.25) is 0 Å². The summed E-state index contributed by atoms with van der Waals surface area (Å²) in [6.45, 7) is 2.55. The van der Waals surface area contributed by atoms with Crippen molar-refractivity contribution >= 4 is 23.8 Å². The van der Waals surface area contributed by atoms with Crippen LogP contribution in [0.1, 0.15) is 45.4 Å². The molecular weight excluding hydrogens is 264 g/mol. The van der Waals surface area contributed by atoms with Crippen LogP contribution in [0.4, 0.5) is 4.79 Å². The number of carboxylic acids is 1. The Labute approximate surface area is 118 Å². The van der Waals surface area contributed by atoms with E-state index in [1.807, 2.05) is 11.8 Å². The van der Waals surface area contributed by atoms with Crippen molar-refractivity contribution in [2.45, 2.75) is 56.7 Å². The highest BCUT2D eigenvalue weighted by atomic mass is 32.2. The van der Waals surface area contributed by atoms with E-state index in [1.165, 1.54) is 19.3 Å². The zero-order valence-electron chi connectivity index (χ0n) is 11.5. The lowest BCUT2D eigenvalue weighted by molar-refractivity contribution is -0.137. The molecule has 0 bridgehead atoms. The quantitative estimate of drug-likeness (QED) is 0.628. The summed E-state index contributed by atoms with van der Waals surface area (Å²) in [4.78, 5) is 22.1. The molecule has 2 amide bonds. The summed E-state index contributed by atoms with van der Waals surface area (Å²) < 4.78 is 0. The molecule has 5 nitrogen and oxygen atoms in total. The Balaban J connectivity index is 2.23. The number of urea groups is 1. The number of hydrogen-bond donors (Lipinski definition) is 3. The third-order valence-corrected chi connectivity index (χ3v) is 4.58. The molecule has 0 aromatic carbocycles. The van der Waals surface area contributed by atoms with Crippen LogP contribution in [0.15, 0.2) is 0 Å². The number of hydrogen-bond acceptors (Lipinski definition) is 3. The van der Waals surface area contributed by atoms with Crippen LogP contribution in [0.25, 0.3) is 0 Å². The fraction of sp³-hybridized carbons (Fsp3) is 0.846. The van der Waals surface area contributed by atoms with Crippen molar-refractivity contribution in [3.05, 3.63) is 0 Å². The van der Waals surface area contributed by atoms with Gasteiger partial charge in [-0.15, -0.1) is 0 Å². The minimum Gasteiger partial charge on any atom is -0.481 e. The molecule has 1 rings (SSSR count). The van der Waals surface area contributed by atoms with Crippen molar-refractivity contribution in [2.75, 3.05) is 12.3 Å². The first-order valence-electron chi connectivity index (χ1n) is 7.01. The molecule has 0 spiro atoms. The minimum atomic E-state index is -0.825. The third-order valence-electron chi connectivity index (χ3n) is 3.25. The predicted octanol–water partition coefficient (Wildman–Crippen LogP) is 2.21. The highest BCUT2D eigenvalue weighted by molar-refractivity contribution is 7.99. The Hall–Kier alpha value is -0.910. The largest absolute Gasteiger partial charge is 0.481 e. The molecule has 2 atom stereocenters. The van der Waals surface area contributed by atoms with E-state index in [2.05, 4.69) is 17.6 Å². The number of nitrogens with one attached hydrogen (secondary N) is 2. The van der Waals surface area contributed by atoms with E-state index in [-0.39, 0.29) is 18.5 Å². The Morgan fingerprint density at radius 1 is 1.32 bits per heavy atom. The second kappa shape index (κ2) is 9.07. The number of carboxylic acid groups (broad SMARTS) is 1. The molecule has 19 heavy (non-hydrogen) atoms. The average Bonchev–Trinajstić information content (AvgIpc) is 2.37. The second-order valence-corrected chi connectivity index (χ2v) is 6.30. The molecule has 110 valence electrons. The van der Waals surface area contributed by atoms with Crippen LogP contribution in [-0.4, -0.2) is 40.7 Å². The van der Waals surface area contributed by atoms with Crippen LogP contribution in [-0.2, 0) is 4.79 Å². The zero-order valence-corrected chi connectivity index (χ0v) is 12.3. The zero-order chi connectivity index (χ0) is 14.1. The molecule has 0 saturated heterocycles. The first-order chi connectivity index (χ1) is 9.13. The SMILES string of the molecule is CCSC1CCCCC1NC(=O)NCCCC(=O)O. The fourth-order valence-corrected chi connectivity index (χ4v) is 3.53. The number of carbonyl (C=O) groups is 2. The minimum absolute atomic E-state index is 0.0953. The van der Waals surface area contributed by atoms with Crippen LogP contribution in [0.5, 0.6) is 0 Å². The van der Waals surface area contributed by atoms with Gasteiger partial charge in [-0.25, -0.2) is 4.79 Å². The van der Waals surface area contributed by atoms with Gasteiger partial charge in [-0.1, -0.05) is 19.8 Å². The van der Waals surface area contributed by atoms with E-state index in [9.17, 15) is 9.59 Å². The molecular formula is C13H24N2O3S. The number of thioether (sulfide) groups is 1. The highest BCUT2D eigenvalue weighted by Gasteiger charge is 2.26. The number of carbonyl (C=O) groups excluding carboxylic acids is 1. The Bertz CT molecular complexity index is 298. The van der Waals surface area contributed by atoms with E-state index >= 15 is 0 Å². The van der Waals surface area contributed by atoms with Crippen molar-refractivity contribution in [1.29, 1.82) is 0 Å². The molecule has 2 unspecified atom stereocenters. The number of rotatable bonds is 7. The topological polar surface area (TPSA) is 78.4 Å². The molecule has 0 heterocycles. The van der Waals surface area contributed by atoms with E-state index in [1.54, 1.807) is 0 Å². The Kier molecular flexibility index (Phi) is 7.70. The van der Waals surface area contributed by atoms with E-state index in [0.29, 0.717) is 18.2 Å². The molecule has 1 aliphatic carbocycles. The van der Waals surface area contributed by atoms with Gasteiger partial charge in [0, 0.05) is 24.3 Å². The second-order valence-electron chi connectivity index (χ2n) is 4.78. The van der Waals surface area contributed by atoms with Gasteiger partial charge in [-0.2, -0.15) is 11.8 Å². The van der Waals surface area contributed by atoms with E-state index in [4.69, 9.17) is 5.11 Å². The monoisotopic (exact) mass is 288 g/mol. The van der Waals surface area contributed by atoms with Gasteiger partial charge in [-0.3, -0.25) is 4.79 Å². The summed E-state index contributed by atoms with van der Waals surface area (Å²) in [5.74, 6) is 0.247. The third kappa shape index (κ3) is 6.71. The molecule has 1 saturated carbocycles. The smallest absolute Gasteiger partial charge is 0.315 e. The van der Waals surface area contributed by atoms with Crippen molar-refractivity contribution < 1.29 is 14.7 Å². The van der Waals surface area contributed by atoms with E-state index in [0.717, 1.165) is 12.2 Å². The normalized spacial score (nSPS) is 22.8. The van der Waals surface area contributed by atoms with E-state index < -0.39 is 5.97 Å². The fourth-order valence-electron chi connectivity index (χ4n) is 2.34. The maximum absolute atomic E-state index is 11.7. The van der Waals surface area contributed by atoms with Crippen molar-refractivity contribution in [3.8, 4) is 0 Å². The lowest BCUT2D eigenvalue weighted by Crippen LogP contribution is -2.48. The van der Waals surface area contributed by atoms with Gasteiger partial charge in [-0.05, 0) is 25.0 Å².